The van der Waals surface area contributed by atoms with Crippen LogP contribution in [-0.4, -0.2) is 47.2 Å². The van der Waals surface area contributed by atoms with E-state index in [1.165, 1.54) is 11.1 Å². The maximum atomic E-state index is 12.4. The monoisotopic (exact) mass is 314 g/mol. The van der Waals surface area contributed by atoms with E-state index in [9.17, 15) is 4.79 Å². The molecule has 0 N–H and O–H groups in total. The minimum atomic E-state index is 0.216. The van der Waals surface area contributed by atoms with Crippen molar-refractivity contribution in [3.63, 3.8) is 0 Å². The average molecular weight is 314 g/mol. The summed E-state index contributed by atoms with van der Waals surface area (Å²) >= 11 is 0. The van der Waals surface area contributed by atoms with Gasteiger partial charge < -0.3 is 14.2 Å². The van der Waals surface area contributed by atoms with E-state index >= 15 is 0 Å². The SMILES string of the molecule is Cc1cccc(CCC(=O)N2CCN(c3nnc(C)o3)CC2)c1. The van der Waals surface area contributed by atoms with Gasteiger partial charge in [-0.2, -0.15) is 0 Å². The number of anilines is 1. The molecule has 6 nitrogen and oxygen atoms in total. The van der Waals surface area contributed by atoms with E-state index in [1.807, 2.05) is 15.9 Å². The molecular weight excluding hydrogens is 292 g/mol. The number of piperazine rings is 1. The van der Waals surface area contributed by atoms with Gasteiger partial charge in [-0.3, -0.25) is 4.79 Å². The first-order chi connectivity index (χ1) is 11.1. The Kier molecular flexibility index (Phi) is 4.60. The number of aryl methyl sites for hydroxylation is 3. The lowest BCUT2D eigenvalue weighted by Gasteiger charge is -2.33. The molecule has 0 atom stereocenters. The summed E-state index contributed by atoms with van der Waals surface area (Å²) in [5.41, 5.74) is 2.46. The third-order valence-electron chi connectivity index (χ3n) is 4.13. The zero-order valence-electron chi connectivity index (χ0n) is 13.7. The van der Waals surface area contributed by atoms with E-state index in [-0.39, 0.29) is 5.91 Å². The third kappa shape index (κ3) is 3.88. The molecule has 0 aliphatic carbocycles. The van der Waals surface area contributed by atoms with Crippen LogP contribution in [0.25, 0.3) is 0 Å². The number of rotatable bonds is 4. The van der Waals surface area contributed by atoms with Crippen LogP contribution >= 0.6 is 0 Å². The molecule has 1 fully saturated rings. The van der Waals surface area contributed by atoms with Gasteiger partial charge in [0.1, 0.15) is 0 Å². The van der Waals surface area contributed by atoms with Crippen molar-refractivity contribution in [3.8, 4) is 0 Å². The van der Waals surface area contributed by atoms with Crippen LogP contribution in [0, 0.1) is 13.8 Å². The fraction of sp³-hybridized carbons (Fsp3) is 0.471. The molecular formula is C17H22N4O2. The fourth-order valence-corrected chi connectivity index (χ4v) is 2.84. The molecule has 1 aliphatic rings. The quantitative estimate of drug-likeness (QED) is 0.863. The maximum absolute atomic E-state index is 12.4. The Morgan fingerprint density at radius 1 is 1.17 bits per heavy atom. The predicted octanol–water partition coefficient (Wildman–Crippen LogP) is 1.97. The van der Waals surface area contributed by atoms with Gasteiger partial charge in [0.25, 0.3) is 0 Å². The maximum Gasteiger partial charge on any atom is 0.318 e. The first-order valence-electron chi connectivity index (χ1n) is 8.00. The zero-order chi connectivity index (χ0) is 16.2. The third-order valence-corrected chi connectivity index (χ3v) is 4.13. The van der Waals surface area contributed by atoms with Crippen LogP contribution in [0.1, 0.15) is 23.4 Å². The Morgan fingerprint density at radius 2 is 1.96 bits per heavy atom. The van der Waals surface area contributed by atoms with Crippen molar-refractivity contribution in [2.75, 3.05) is 31.1 Å². The van der Waals surface area contributed by atoms with Crippen molar-refractivity contribution >= 4 is 11.9 Å². The van der Waals surface area contributed by atoms with E-state index in [0.29, 0.717) is 31.4 Å². The van der Waals surface area contributed by atoms with Crippen molar-refractivity contribution in [1.82, 2.24) is 15.1 Å². The molecule has 0 unspecified atom stereocenters. The number of carbonyl (C=O) groups excluding carboxylic acids is 1. The van der Waals surface area contributed by atoms with Gasteiger partial charge in [-0.25, -0.2) is 0 Å². The molecule has 0 bridgehead atoms. The molecule has 0 saturated carbocycles. The van der Waals surface area contributed by atoms with Crippen molar-refractivity contribution in [2.45, 2.75) is 26.7 Å². The highest BCUT2D eigenvalue weighted by Gasteiger charge is 2.23. The summed E-state index contributed by atoms with van der Waals surface area (Å²) in [6.45, 7) is 6.73. The highest BCUT2D eigenvalue weighted by atomic mass is 16.4. The highest BCUT2D eigenvalue weighted by molar-refractivity contribution is 5.76. The standard InChI is InChI=1S/C17H22N4O2/c1-13-4-3-5-15(12-13)6-7-16(22)20-8-10-21(11-9-20)17-19-18-14(2)23-17/h3-5,12H,6-11H2,1-2H3. The van der Waals surface area contributed by atoms with Crippen LogP contribution < -0.4 is 4.90 Å². The van der Waals surface area contributed by atoms with Crippen LogP contribution in [-0.2, 0) is 11.2 Å². The van der Waals surface area contributed by atoms with Crippen LogP contribution in [0.5, 0.6) is 0 Å². The van der Waals surface area contributed by atoms with E-state index in [0.717, 1.165) is 19.5 Å². The van der Waals surface area contributed by atoms with E-state index in [2.05, 4.69) is 35.3 Å². The van der Waals surface area contributed by atoms with Gasteiger partial charge in [0.05, 0.1) is 0 Å². The molecule has 0 spiro atoms. The largest absolute Gasteiger partial charge is 0.408 e. The van der Waals surface area contributed by atoms with Crippen molar-refractivity contribution in [2.24, 2.45) is 0 Å². The van der Waals surface area contributed by atoms with Crippen molar-refractivity contribution < 1.29 is 9.21 Å². The van der Waals surface area contributed by atoms with Crippen LogP contribution in [0.15, 0.2) is 28.7 Å². The van der Waals surface area contributed by atoms with Gasteiger partial charge in [0.2, 0.25) is 11.8 Å². The molecule has 6 heteroatoms. The van der Waals surface area contributed by atoms with Crippen LogP contribution in [0.4, 0.5) is 6.01 Å². The summed E-state index contributed by atoms with van der Waals surface area (Å²) in [6, 6.07) is 8.89. The summed E-state index contributed by atoms with van der Waals surface area (Å²) in [5, 5.41) is 7.88. The molecule has 3 rings (SSSR count). The molecule has 122 valence electrons. The average Bonchev–Trinajstić information content (AvgIpc) is 2.99. The Balaban J connectivity index is 1.48. The topological polar surface area (TPSA) is 62.5 Å². The van der Waals surface area contributed by atoms with Gasteiger partial charge in [-0.15, -0.1) is 5.10 Å². The second-order valence-electron chi connectivity index (χ2n) is 5.96. The fourth-order valence-electron chi connectivity index (χ4n) is 2.84. The molecule has 1 aromatic carbocycles. The minimum Gasteiger partial charge on any atom is -0.408 e. The molecule has 0 radical (unpaired) electrons. The van der Waals surface area contributed by atoms with E-state index in [4.69, 9.17) is 4.42 Å². The number of hydrogen-bond acceptors (Lipinski definition) is 5. The highest BCUT2D eigenvalue weighted by Crippen LogP contribution is 2.15. The van der Waals surface area contributed by atoms with Gasteiger partial charge >= 0.3 is 6.01 Å². The Bertz CT molecular complexity index is 675. The number of hydrogen-bond donors (Lipinski definition) is 0. The van der Waals surface area contributed by atoms with Gasteiger partial charge in [-0.1, -0.05) is 34.9 Å². The summed E-state index contributed by atoms with van der Waals surface area (Å²) in [4.78, 5) is 16.3. The number of amides is 1. The number of nitrogens with zero attached hydrogens (tertiary/aromatic N) is 4. The molecule has 1 saturated heterocycles. The first-order valence-corrected chi connectivity index (χ1v) is 8.00. The second-order valence-corrected chi connectivity index (χ2v) is 5.96. The number of benzene rings is 1. The lowest BCUT2D eigenvalue weighted by Crippen LogP contribution is -2.49. The van der Waals surface area contributed by atoms with E-state index in [1.54, 1.807) is 6.92 Å². The summed E-state index contributed by atoms with van der Waals surface area (Å²) in [7, 11) is 0. The number of carbonyl (C=O) groups is 1. The molecule has 2 aromatic rings. The minimum absolute atomic E-state index is 0.216. The molecule has 23 heavy (non-hydrogen) atoms. The Hall–Kier alpha value is -2.37. The first kappa shape index (κ1) is 15.5. The smallest absolute Gasteiger partial charge is 0.318 e. The normalized spacial score (nSPS) is 15.0. The molecule has 1 amide bonds. The molecule has 1 aliphatic heterocycles. The molecule has 1 aromatic heterocycles. The van der Waals surface area contributed by atoms with Crippen LogP contribution in [0.3, 0.4) is 0 Å². The Morgan fingerprint density at radius 3 is 2.61 bits per heavy atom. The predicted molar refractivity (Wildman–Crippen MR) is 87.3 cm³/mol. The number of aromatic nitrogens is 2. The van der Waals surface area contributed by atoms with Crippen LogP contribution in [0.2, 0.25) is 0 Å². The summed E-state index contributed by atoms with van der Waals surface area (Å²) in [5.74, 6) is 0.782. The van der Waals surface area contributed by atoms with Gasteiger partial charge in [0.15, 0.2) is 0 Å². The van der Waals surface area contributed by atoms with Gasteiger partial charge in [0, 0.05) is 39.5 Å². The summed E-state index contributed by atoms with van der Waals surface area (Å²) in [6.07, 6.45) is 1.35. The van der Waals surface area contributed by atoms with Crippen molar-refractivity contribution in [1.29, 1.82) is 0 Å². The lowest BCUT2D eigenvalue weighted by atomic mass is 10.1. The Labute approximate surface area is 136 Å². The zero-order valence-corrected chi connectivity index (χ0v) is 13.7. The molecule has 2 heterocycles. The second kappa shape index (κ2) is 6.81. The van der Waals surface area contributed by atoms with Crippen molar-refractivity contribution in [3.05, 3.63) is 41.3 Å². The summed E-state index contributed by atoms with van der Waals surface area (Å²) < 4.78 is 5.44. The van der Waals surface area contributed by atoms with Gasteiger partial charge in [-0.05, 0) is 18.9 Å². The lowest BCUT2D eigenvalue weighted by molar-refractivity contribution is -0.131. The van der Waals surface area contributed by atoms with E-state index < -0.39 is 0 Å².